The maximum atomic E-state index is 13.0. The summed E-state index contributed by atoms with van der Waals surface area (Å²) in [6.45, 7) is 2.07. The summed E-state index contributed by atoms with van der Waals surface area (Å²) >= 11 is 0. The van der Waals surface area contributed by atoms with Crippen LogP contribution in [-0.4, -0.2) is 29.4 Å². The van der Waals surface area contributed by atoms with Crippen molar-refractivity contribution in [1.29, 1.82) is 0 Å². The highest BCUT2D eigenvalue weighted by Gasteiger charge is 2.36. The summed E-state index contributed by atoms with van der Waals surface area (Å²) in [6.07, 6.45) is -7.39. The lowest BCUT2D eigenvalue weighted by Gasteiger charge is -2.19. The Morgan fingerprint density at radius 3 is 1.94 bits per heavy atom. The lowest BCUT2D eigenvalue weighted by Crippen LogP contribution is -2.21. The summed E-state index contributed by atoms with van der Waals surface area (Å²) in [6, 6.07) is 1.39. The van der Waals surface area contributed by atoms with Crippen molar-refractivity contribution in [1.82, 2.24) is 0 Å². The second-order valence-electron chi connectivity index (χ2n) is 7.31. The Balaban J connectivity index is 3.05. The third-order valence-corrected chi connectivity index (χ3v) is 4.56. The summed E-state index contributed by atoms with van der Waals surface area (Å²) in [7, 11) is 0. The van der Waals surface area contributed by atoms with E-state index in [1.54, 1.807) is 0 Å². The van der Waals surface area contributed by atoms with E-state index in [1.807, 2.05) is 0 Å². The molecule has 0 atom stereocenters. The van der Waals surface area contributed by atoms with Crippen LogP contribution >= 0.6 is 0 Å². The Kier molecular flexibility index (Phi) is 10.3. The predicted molar refractivity (Wildman–Crippen MR) is 101 cm³/mol. The maximum Gasteiger partial charge on any atom is 0.393 e. The number of benzene rings is 1. The number of carbonyl (C=O) groups is 2. The van der Waals surface area contributed by atoms with Gasteiger partial charge < -0.3 is 9.84 Å². The number of hydrogen-bond donors (Lipinski definition) is 1. The normalized spacial score (nSPS) is 12.1. The quantitative estimate of drug-likeness (QED) is 0.166. The third-order valence-electron chi connectivity index (χ3n) is 4.56. The van der Waals surface area contributed by atoms with Crippen molar-refractivity contribution in [2.45, 2.75) is 83.5 Å². The van der Waals surface area contributed by atoms with Crippen molar-refractivity contribution >= 4 is 11.9 Å². The van der Waals surface area contributed by atoms with Crippen LogP contribution in [0.2, 0.25) is 0 Å². The van der Waals surface area contributed by atoms with E-state index < -0.39 is 59.6 Å². The van der Waals surface area contributed by atoms with E-state index in [1.165, 1.54) is 0 Å². The minimum atomic E-state index is -4.93. The van der Waals surface area contributed by atoms with Crippen LogP contribution in [0.1, 0.15) is 79.8 Å². The minimum absolute atomic E-state index is 0.179. The van der Waals surface area contributed by atoms with Crippen molar-refractivity contribution in [3.05, 3.63) is 28.8 Å². The van der Waals surface area contributed by atoms with E-state index in [0.29, 0.717) is 18.9 Å². The molecule has 1 N–H and O–H groups in total. The molecule has 1 aromatic rings. The van der Waals surface area contributed by atoms with Gasteiger partial charge in [0.25, 0.3) is 0 Å². The number of esters is 1. The highest BCUT2D eigenvalue weighted by Crippen LogP contribution is 2.36. The van der Waals surface area contributed by atoms with Gasteiger partial charge in [0, 0.05) is 12.0 Å². The van der Waals surface area contributed by atoms with Crippen LogP contribution in [-0.2, 0) is 17.6 Å². The number of aromatic carboxylic acids is 1. The maximum absolute atomic E-state index is 13.0. The zero-order valence-corrected chi connectivity index (χ0v) is 17.2. The van der Waals surface area contributed by atoms with Crippen molar-refractivity contribution < 1.29 is 45.8 Å². The fourth-order valence-electron chi connectivity index (χ4n) is 3.12. The molecule has 176 valence electrons. The minimum Gasteiger partial charge on any atom is -0.478 e. The van der Waals surface area contributed by atoms with Crippen LogP contribution in [0.15, 0.2) is 12.1 Å². The monoisotopic (exact) mass is 456 g/mol. The van der Waals surface area contributed by atoms with Gasteiger partial charge in [-0.25, -0.2) is 4.79 Å². The lowest BCUT2D eigenvalue weighted by atomic mass is 9.96. The number of carboxylic acid groups (broad SMARTS) is 1. The number of carbonyl (C=O) groups excluding carboxylic acids is 1. The van der Waals surface area contributed by atoms with Crippen molar-refractivity contribution in [2.75, 3.05) is 0 Å². The van der Waals surface area contributed by atoms with Gasteiger partial charge in [0.05, 0.1) is 12.8 Å². The number of unbranched alkanes of at least 4 members (excludes halogenated alkanes) is 6. The van der Waals surface area contributed by atoms with Gasteiger partial charge >= 0.3 is 24.3 Å². The summed E-state index contributed by atoms with van der Waals surface area (Å²) in [5.74, 6) is -3.66. The molecular formula is C21H26F6O4. The molecule has 0 aliphatic carbocycles. The molecule has 0 fully saturated rings. The molecule has 0 heterocycles. The van der Waals surface area contributed by atoms with Crippen molar-refractivity contribution in [3.63, 3.8) is 0 Å². The van der Waals surface area contributed by atoms with E-state index in [2.05, 4.69) is 6.92 Å². The van der Waals surface area contributed by atoms with Gasteiger partial charge in [0.2, 0.25) is 0 Å². The van der Waals surface area contributed by atoms with Crippen LogP contribution in [0.25, 0.3) is 0 Å². The molecule has 1 aromatic carbocycles. The summed E-state index contributed by atoms with van der Waals surface area (Å²) in [4.78, 5) is 23.5. The Hall–Kier alpha value is -2.26. The van der Waals surface area contributed by atoms with Gasteiger partial charge in [0.15, 0.2) is 0 Å². The largest absolute Gasteiger partial charge is 0.478 e. The van der Waals surface area contributed by atoms with E-state index in [-0.39, 0.29) is 6.42 Å². The zero-order valence-electron chi connectivity index (χ0n) is 17.2. The number of rotatable bonds is 12. The SMILES string of the molecule is CCCCCCCCCC(=O)Oc1c(C(=O)O)ccc(CC(F)(F)F)c1CC(F)(F)F. The Morgan fingerprint density at radius 2 is 1.42 bits per heavy atom. The summed E-state index contributed by atoms with van der Waals surface area (Å²) < 4.78 is 82.4. The van der Waals surface area contributed by atoms with Crippen molar-refractivity contribution in [2.24, 2.45) is 0 Å². The first kappa shape index (κ1) is 26.8. The van der Waals surface area contributed by atoms with Gasteiger partial charge in [-0.3, -0.25) is 4.79 Å². The highest BCUT2D eigenvalue weighted by molar-refractivity contribution is 5.93. The average Bonchev–Trinajstić information content (AvgIpc) is 2.61. The smallest absolute Gasteiger partial charge is 0.393 e. The van der Waals surface area contributed by atoms with E-state index in [9.17, 15) is 41.0 Å². The Bertz CT molecular complexity index is 741. The van der Waals surface area contributed by atoms with Gasteiger partial charge in [-0.15, -0.1) is 0 Å². The van der Waals surface area contributed by atoms with Crippen molar-refractivity contribution in [3.8, 4) is 5.75 Å². The zero-order chi connectivity index (χ0) is 23.7. The molecule has 0 spiro atoms. The first-order chi connectivity index (χ1) is 14.3. The molecule has 1 rings (SSSR count). The van der Waals surface area contributed by atoms with E-state index >= 15 is 0 Å². The van der Waals surface area contributed by atoms with Gasteiger partial charge in [0.1, 0.15) is 11.3 Å². The molecule has 0 saturated heterocycles. The van der Waals surface area contributed by atoms with Gasteiger partial charge in [-0.05, 0) is 18.1 Å². The first-order valence-electron chi connectivity index (χ1n) is 10.1. The number of alkyl halides is 6. The van der Waals surface area contributed by atoms with Crippen LogP contribution in [0.3, 0.4) is 0 Å². The topological polar surface area (TPSA) is 63.6 Å². The number of ether oxygens (including phenoxy) is 1. The molecule has 0 aliphatic rings. The lowest BCUT2D eigenvalue weighted by molar-refractivity contribution is -0.136. The summed E-state index contributed by atoms with van der Waals surface area (Å²) in [5.41, 5.74) is -2.57. The van der Waals surface area contributed by atoms with Crippen LogP contribution in [0.4, 0.5) is 26.3 Å². The molecule has 0 unspecified atom stereocenters. The fourth-order valence-corrected chi connectivity index (χ4v) is 3.12. The molecule has 31 heavy (non-hydrogen) atoms. The first-order valence-corrected chi connectivity index (χ1v) is 10.1. The predicted octanol–water partition coefficient (Wildman–Crippen LogP) is 6.64. The number of hydrogen-bond acceptors (Lipinski definition) is 3. The summed E-state index contributed by atoms with van der Waals surface area (Å²) in [5, 5.41) is 9.25. The molecule has 10 heteroatoms. The van der Waals surface area contributed by atoms with E-state index in [4.69, 9.17) is 4.74 Å². The van der Waals surface area contributed by atoms with Gasteiger partial charge in [-0.2, -0.15) is 26.3 Å². The average molecular weight is 456 g/mol. The molecule has 0 radical (unpaired) electrons. The third kappa shape index (κ3) is 10.5. The van der Waals surface area contributed by atoms with E-state index in [0.717, 1.165) is 38.2 Å². The molecule has 0 saturated carbocycles. The molecular weight excluding hydrogens is 430 g/mol. The molecule has 0 aliphatic heterocycles. The Morgan fingerprint density at radius 1 is 0.871 bits per heavy atom. The van der Waals surface area contributed by atoms with Crippen LogP contribution in [0.5, 0.6) is 5.75 Å². The molecule has 4 nitrogen and oxygen atoms in total. The second-order valence-corrected chi connectivity index (χ2v) is 7.31. The second kappa shape index (κ2) is 12.0. The Labute approximate surface area is 176 Å². The molecule has 0 amide bonds. The van der Waals surface area contributed by atoms with Crippen LogP contribution < -0.4 is 4.74 Å². The number of halogens is 6. The van der Waals surface area contributed by atoms with Crippen LogP contribution in [0, 0.1) is 0 Å². The highest BCUT2D eigenvalue weighted by atomic mass is 19.4. The van der Waals surface area contributed by atoms with Gasteiger partial charge in [-0.1, -0.05) is 51.5 Å². The molecule has 0 aromatic heterocycles. The fraction of sp³-hybridized carbons (Fsp3) is 0.619. The molecule has 0 bridgehead atoms. The number of carboxylic acids is 1. The standard InChI is InChI=1S/C21H26F6O4/c1-2-3-4-5-6-7-8-9-17(28)31-18-15(19(29)30)11-10-14(12-20(22,23)24)16(18)13-21(25,26)27/h10-11H,2-9,12-13H2,1H3,(H,29,30).